The van der Waals surface area contributed by atoms with Crippen LogP contribution in [0.2, 0.25) is 5.02 Å². The largest absolute Gasteiger partial charge is 0.490 e. The van der Waals surface area contributed by atoms with Crippen LogP contribution in [-0.4, -0.2) is 29.3 Å². The Bertz CT molecular complexity index is 895. The zero-order valence-corrected chi connectivity index (χ0v) is 15.3. The molecule has 0 aliphatic heterocycles. The Labute approximate surface area is 160 Å². The van der Waals surface area contributed by atoms with Gasteiger partial charge in [-0.1, -0.05) is 22.8 Å². The van der Waals surface area contributed by atoms with E-state index in [-0.39, 0.29) is 19.8 Å². The molecular weight excluding hydrogens is 372 g/mol. The van der Waals surface area contributed by atoms with Gasteiger partial charge in [0.1, 0.15) is 24.7 Å². The summed E-state index contributed by atoms with van der Waals surface area (Å²) in [6, 6.07) is 13.6. The predicted octanol–water partition coefficient (Wildman–Crippen LogP) is 3.85. The van der Waals surface area contributed by atoms with Crippen LogP contribution in [-0.2, 0) is 11.3 Å². The van der Waals surface area contributed by atoms with Crippen LogP contribution in [0.3, 0.4) is 0 Å². The van der Waals surface area contributed by atoms with Gasteiger partial charge in [0, 0.05) is 11.9 Å². The van der Waals surface area contributed by atoms with Crippen molar-refractivity contribution in [2.45, 2.75) is 13.5 Å². The lowest BCUT2D eigenvalue weighted by Gasteiger charge is -2.08. The van der Waals surface area contributed by atoms with Gasteiger partial charge in [-0.05, 0) is 42.5 Å². The highest BCUT2D eigenvalue weighted by atomic mass is 35.5. The molecule has 3 aromatic rings. The van der Waals surface area contributed by atoms with Gasteiger partial charge in [0.15, 0.2) is 6.61 Å². The topological polar surface area (TPSA) is 83.7 Å². The van der Waals surface area contributed by atoms with Crippen LogP contribution in [0.1, 0.15) is 22.1 Å². The van der Waals surface area contributed by atoms with Gasteiger partial charge in [-0.15, -0.1) is 0 Å². The molecule has 7 nitrogen and oxygen atoms in total. The van der Waals surface area contributed by atoms with Crippen LogP contribution in [0.25, 0.3) is 0 Å². The molecule has 0 spiro atoms. The second-order valence-corrected chi connectivity index (χ2v) is 5.92. The molecule has 1 heterocycles. The lowest BCUT2D eigenvalue weighted by atomic mass is 10.2. The number of halogens is 1. The van der Waals surface area contributed by atoms with Crippen molar-refractivity contribution >= 4 is 17.6 Å². The van der Waals surface area contributed by atoms with E-state index in [4.69, 9.17) is 30.3 Å². The number of esters is 1. The van der Waals surface area contributed by atoms with Gasteiger partial charge in [0.05, 0.1) is 5.56 Å². The molecule has 1 aromatic heterocycles. The molecule has 2 aromatic carbocycles. The zero-order chi connectivity index (χ0) is 19.1. The number of rotatable bonds is 8. The van der Waals surface area contributed by atoms with Crippen molar-refractivity contribution in [2.75, 3.05) is 13.2 Å². The molecule has 0 radical (unpaired) electrons. The first-order chi connectivity index (χ1) is 13.1. The van der Waals surface area contributed by atoms with Crippen molar-refractivity contribution in [2.24, 2.45) is 0 Å². The Hall–Kier alpha value is -3.06. The SMILES string of the molecule is Cc1nc(COc2ccc(C(=O)OCCOc3cccc(Cl)c3)cc2)no1. The number of aromatic nitrogens is 2. The maximum Gasteiger partial charge on any atom is 0.338 e. The predicted molar refractivity (Wildman–Crippen MR) is 97.0 cm³/mol. The van der Waals surface area contributed by atoms with Gasteiger partial charge < -0.3 is 18.7 Å². The first-order valence-electron chi connectivity index (χ1n) is 8.18. The van der Waals surface area contributed by atoms with E-state index in [9.17, 15) is 4.79 Å². The maximum absolute atomic E-state index is 12.0. The molecular formula is C19H17ClN2O5. The number of hydrogen-bond donors (Lipinski definition) is 0. The van der Waals surface area contributed by atoms with E-state index < -0.39 is 5.97 Å². The summed E-state index contributed by atoms with van der Waals surface area (Å²) in [4.78, 5) is 16.1. The Morgan fingerprint density at radius 1 is 1.07 bits per heavy atom. The minimum atomic E-state index is -0.440. The van der Waals surface area contributed by atoms with E-state index in [1.807, 2.05) is 0 Å². The molecule has 0 aliphatic carbocycles. The van der Waals surface area contributed by atoms with Gasteiger partial charge in [-0.25, -0.2) is 4.79 Å². The fourth-order valence-electron chi connectivity index (χ4n) is 2.17. The minimum Gasteiger partial charge on any atom is -0.490 e. The molecule has 3 rings (SSSR count). The number of hydrogen-bond acceptors (Lipinski definition) is 7. The molecule has 0 unspecified atom stereocenters. The van der Waals surface area contributed by atoms with Gasteiger partial charge in [0.25, 0.3) is 0 Å². The van der Waals surface area contributed by atoms with E-state index in [0.717, 1.165) is 0 Å². The summed E-state index contributed by atoms with van der Waals surface area (Å²) in [6.45, 7) is 2.25. The fourth-order valence-corrected chi connectivity index (χ4v) is 2.35. The number of carbonyl (C=O) groups is 1. The van der Waals surface area contributed by atoms with E-state index in [2.05, 4.69) is 10.1 Å². The van der Waals surface area contributed by atoms with Crippen LogP contribution in [0.15, 0.2) is 53.1 Å². The number of ether oxygens (including phenoxy) is 3. The van der Waals surface area contributed by atoms with Crippen molar-refractivity contribution in [1.82, 2.24) is 10.1 Å². The Kier molecular flexibility index (Phi) is 6.27. The minimum absolute atomic E-state index is 0.126. The Morgan fingerprint density at radius 2 is 1.89 bits per heavy atom. The van der Waals surface area contributed by atoms with E-state index >= 15 is 0 Å². The normalized spacial score (nSPS) is 10.4. The third kappa shape index (κ3) is 5.72. The van der Waals surface area contributed by atoms with Crippen molar-refractivity contribution in [1.29, 1.82) is 0 Å². The van der Waals surface area contributed by atoms with Crippen molar-refractivity contribution in [3.05, 3.63) is 70.8 Å². The summed E-state index contributed by atoms with van der Waals surface area (Å²) in [7, 11) is 0. The summed E-state index contributed by atoms with van der Waals surface area (Å²) in [5.41, 5.74) is 0.417. The molecule has 0 bridgehead atoms. The molecule has 140 valence electrons. The summed E-state index contributed by atoms with van der Waals surface area (Å²) < 4.78 is 21.0. The Balaban J connectivity index is 1.41. The van der Waals surface area contributed by atoms with Crippen LogP contribution < -0.4 is 9.47 Å². The standard InChI is InChI=1S/C19H17ClN2O5/c1-13-21-18(22-27-13)12-26-16-7-5-14(6-8-16)19(23)25-10-9-24-17-4-2-3-15(20)11-17/h2-8,11H,9-10,12H2,1H3. The lowest BCUT2D eigenvalue weighted by Crippen LogP contribution is -2.12. The highest BCUT2D eigenvalue weighted by Gasteiger charge is 2.08. The summed E-state index contributed by atoms with van der Waals surface area (Å²) >= 11 is 5.87. The molecule has 8 heteroatoms. The summed E-state index contributed by atoms with van der Waals surface area (Å²) in [6.07, 6.45) is 0. The monoisotopic (exact) mass is 388 g/mol. The van der Waals surface area contributed by atoms with Gasteiger partial charge >= 0.3 is 5.97 Å². The van der Waals surface area contributed by atoms with Gasteiger partial charge in [-0.2, -0.15) is 4.98 Å². The number of carbonyl (C=O) groups excluding carboxylic acids is 1. The first-order valence-corrected chi connectivity index (χ1v) is 8.55. The summed E-state index contributed by atoms with van der Waals surface area (Å²) in [5.74, 6) is 1.70. The molecule has 0 atom stereocenters. The maximum atomic E-state index is 12.0. The molecule has 27 heavy (non-hydrogen) atoms. The molecule has 0 amide bonds. The third-order valence-electron chi connectivity index (χ3n) is 3.41. The van der Waals surface area contributed by atoms with Gasteiger partial charge in [0.2, 0.25) is 11.7 Å². The van der Waals surface area contributed by atoms with E-state index in [0.29, 0.717) is 33.8 Å². The first kappa shape index (κ1) is 18.7. The third-order valence-corrected chi connectivity index (χ3v) is 3.64. The number of aryl methyl sites for hydroxylation is 1. The van der Waals surface area contributed by atoms with Crippen LogP contribution >= 0.6 is 11.6 Å². The second kappa shape index (κ2) is 9.05. The van der Waals surface area contributed by atoms with Crippen LogP contribution in [0.4, 0.5) is 0 Å². The molecule has 0 aliphatic rings. The highest BCUT2D eigenvalue weighted by Crippen LogP contribution is 2.17. The number of nitrogens with zero attached hydrogens (tertiary/aromatic N) is 2. The zero-order valence-electron chi connectivity index (χ0n) is 14.6. The fraction of sp³-hybridized carbons (Fsp3) is 0.211. The number of benzene rings is 2. The quantitative estimate of drug-likeness (QED) is 0.428. The molecule has 0 saturated carbocycles. The lowest BCUT2D eigenvalue weighted by molar-refractivity contribution is 0.0450. The smallest absolute Gasteiger partial charge is 0.338 e. The molecule has 0 fully saturated rings. The molecule has 0 N–H and O–H groups in total. The average Bonchev–Trinajstić information content (AvgIpc) is 3.09. The van der Waals surface area contributed by atoms with Crippen LogP contribution in [0.5, 0.6) is 11.5 Å². The van der Waals surface area contributed by atoms with Crippen molar-refractivity contribution in [3.8, 4) is 11.5 Å². The van der Waals surface area contributed by atoms with Crippen molar-refractivity contribution < 1.29 is 23.5 Å². The highest BCUT2D eigenvalue weighted by molar-refractivity contribution is 6.30. The molecule has 0 saturated heterocycles. The average molecular weight is 389 g/mol. The van der Waals surface area contributed by atoms with Crippen LogP contribution in [0, 0.1) is 6.92 Å². The van der Waals surface area contributed by atoms with Gasteiger partial charge in [-0.3, -0.25) is 0 Å². The second-order valence-electron chi connectivity index (χ2n) is 5.48. The van der Waals surface area contributed by atoms with Crippen molar-refractivity contribution in [3.63, 3.8) is 0 Å². The summed E-state index contributed by atoms with van der Waals surface area (Å²) in [5, 5.41) is 4.33. The van der Waals surface area contributed by atoms with E-state index in [1.54, 1.807) is 55.5 Å². The Morgan fingerprint density at radius 3 is 2.59 bits per heavy atom. The van der Waals surface area contributed by atoms with E-state index in [1.165, 1.54) is 0 Å².